The minimum absolute atomic E-state index is 0.147. The summed E-state index contributed by atoms with van der Waals surface area (Å²) in [7, 11) is 0. The van der Waals surface area contributed by atoms with Crippen LogP contribution in [0.5, 0.6) is 5.75 Å². The third-order valence-electron chi connectivity index (χ3n) is 7.78. The topological polar surface area (TPSA) is 121 Å². The second-order valence-corrected chi connectivity index (χ2v) is 12.3. The van der Waals surface area contributed by atoms with Gasteiger partial charge in [0.25, 0.3) is 5.91 Å². The molecule has 0 radical (unpaired) electrons. The lowest BCUT2D eigenvalue weighted by molar-refractivity contribution is -0.122. The largest absolute Gasteiger partial charge is 0.492 e. The molecule has 0 unspecified atom stereocenters. The lowest BCUT2D eigenvalue weighted by Gasteiger charge is -2.26. The maximum Gasteiger partial charge on any atom is 0.335 e. The van der Waals surface area contributed by atoms with Crippen LogP contribution < -0.4 is 10.5 Å². The molecule has 226 valence electrons. The van der Waals surface area contributed by atoms with Gasteiger partial charge in [0, 0.05) is 54.5 Å². The SMILES string of the molecule is Nc1cc(-c2cc(C=C3SC(=S)N(CCc4ccc(C(=O)O)cc4)C3=O)ccc2OCCN2CCOCC2)cc2[nH]ccc12. The van der Waals surface area contributed by atoms with Crippen LogP contribution in [0, 0.1) is 0 Å². The van der Waals surface area contributed by atoms with Crippen LogP contribution in [0.4, 0.5) is 5.69 Å². The van der Waals surface area contributed by atoms with Gasteiger partial charge in [0.2, 0.25) is 0 Å². The number of carbonyl (C=O) groups is 2. The Morgan fingerprint density at radius 3 is 2.66 bits per heavy atom. The number of thioether (sulfide) groups is 1. The Labute approximate surface area is 264 Å². The minimum Gasteiger partial charge on any atom is -0.492 e. The molecule has 3 aromatic carbocycles. The highest BCUT2D eigenvalue weighted by molar-refractivity contribution is 8.26. The fourth-order valence-corrected chi connectivity index (χ4v) is 6.66. The number of ether oxygens (including phenoxy) is 2. The molecule has 0 atom stereocenters. The molecule has 3 heterocycles. The van der Waals surface area contributed by atoms with Gasteiger partial charge in [-0.25, -0.2) is 4.79 Å². The summed E-state index contributed by atoms with van der Waals surface area (Å²) in [6.07, 6.45) is 4.29. The van der Waals surface area contributed by atoms with Gasteiger partial charge in [-0.2, -0.15) is 0 Å². The van der Waals surface area contributed by atoms with Gasteiger partial charge in [-0.15, -0.1) is 0 Å². The van der Waals surface area contributed by atoms with Gasteiger partial charge in [0.15, 0.2) is 0 Å². The molecule has 11 heteroatoms. The molecule has 2 fully saturated rings. The maximum absolute atomic E-state index is 13.4. The van der Waals surface area contributed by atoms with E-state index in [0.717, 1.165) is 71.8 Å². The number of carboxylic acid groups (broad SMARTS) is 1. The van der Waals surface area contributed by atoms with Gasteiger partial charge in [-0.3, -0.25) is 14.6 Å². The summed E-state index contributed by atoms with van der Waals surface area (Å²) < 4.78 is 12.3. The van der Waals surface area contributed by atoms with E-state index in [0.29, 0.717) is 34.5 Å². The molecule has 0 aliphatic carbocycles. The molecule has 0 bridgehead atoms. The second kappa shape index (κ2) is 13.2. The van der Waals surface area contributed by atoms with E-state index < -0.39 is 5.97 Å². The predicted molar refractivity (Wildman–Crippen MR) is 178 cm³/mol. The normalized spacial score (nSPS) is 16.7. The highest BCUT2D eigenvalue weighted by Gasteiger charge is 2.31. The Morgan fingerprint density at radius 2 is 1.89 bits per heavy atom. The van der Waals surface area contributed by atoms with Crippen LogP contribution >= 0.6 is 24.0 Å². The Bertz CT molecular complexity index is 1740. The van der Waals surface area contributed by atoms with Crippen LogP contribution in [-0.4, -0.2) is 82.1 Å². The van der Waals surface area contributed by atoms with Crippen LogP contribution in [0.15, 0.2) is 71.8 Å². The first-order chi connectivity index (χ1) is 21.4. The molecule has 1 aromatic heterocycles. The number of aromatic amines is 1. The van der Waals surface area contributed by atoms with Crippen molar-refractivity contribution in [3.8, 4) is 16.9 Å². The third-order valence-corrected chi connectivity index (χ3v) is 9.16. The zero-order valence-corrected chi connectivity index (χ0v) is 25.6. The van der Waals surface area contributed by atoms with E-state index in [4.69, 9.17) is 32.5 Å². The first kappa shape index (κ1) is 29.9. The average molecular weight is 629 g/mol. The van der Waals surface area contributed by atoms with Crippen LogP contribution in [0.2, 0.25) is 0 Å². The first-order valence-electron chi connectivity index (χ1n) is 14.4. The fraction of sp³-hybridized carbons (Fsp3) is 0.242. The van der Waals surface area contributed by atoms with Crippen molar-refractivity contribution in [3.63, 3.8) is 0 Å². The number of nitrogens with two attached hydrogens (primary N) is 1. The number of H-pyrrole nitrogens is 1. The summed E-state index contributed by atoms with van der Waals surface area (Å²) in [5, 5.41) is 10.1. The number of nitrogens with one attached hydrogen (secondary N) is 1. The molecule has 9 nitrogen and oxygen atoms in total. The summed E-state index contributed by atoms with van der Waals surface area (Å²) >= 11 is 6.84. The van der Waals surface area contributed by atoms with Crippen molar-refractivity contribution in [2.24, 2.45) is 0 Å². The van der Waals surface area contributed by atoms with Gasteiger partial charge < -0.3 is 25.3 Å². The van der Waals surface area contributed by atoms with Crippen molar-refractivity contribution in [2.45, 2.75) is 6.42 Å². The van der Waals surface area contributed by atoms with Crippen molar-refractivity contribution in [1.82, 2.24) is 14.8 Å². The lowest BCUT2D eigenvalue weighted by atomic mass is 9.99. The highest BCUT2D eigenvalue weighted by Crippen LogP contribution is 2.38. The number of aromatic nitrogens is 1. The first-order valence-corrected chi connectivity index (χ1v) is 15.6. The molecule has 4 N–H and O–H groups in total. The Kier molecular flexibility index (Phi) is 8.99. The zero-order valence-electron chi connectivity index (χ0n) is 24.0. The highest BCUT2D eigenvalue weighted by atomic mass is 32.2. The van der Waals surface area contributed by atoms with Crippen LogP contribution in [0.3, 0.4) is 0 Å². The Hall–Kier alpha value is -4.16. The minimum atomic E-state index is -0.970. The van der Waals surface area contributed by atoms with Gasteiger partial charge in [-0.1, -0.05) is 42.2 Å². The Morgan fingerprint density at radius 1 is 1.09 bits per heavy atom. The number of hydrogen-bond donors (Lipinski definition) is 3. The van der Waals surface area contributed by atoms with Crippen molar-refractivity contribution in [3.05, 3.63) is 88.5 Å². The van der Waals surface area contributed by atoms with Gasteiger partial charge in [-0.05, 0) is 71.7 Å². The number of nitrogen functional groups attached to an aromatic ring is 1. The molecule has 2 aliphatic heterocycles. The van der Waals surface area contributed by atoms with Crippen molar-refractivity contribution >= 4 is 62.8 Å². The van der Waals surface area contributed by atoms with E-state index in [-0.39, 0.29) is 11.5 Å². The number of rotatable bonds is 10. The van der Waals surface area contributed by atoms with E-state index in [2.05, 4.69) is 16.0 Å². The molecule has 6 rings (SSSR count). The van der Waals surface area contributed by atoms with E-state index in [1.807, 2.05) is 42.6 Å². The molecule has 2 aliphatic rings. The number of morpholine rings is 1. The summed E-state index contributed by atoms with van der Waals surface area (Å²) in [6.45, 7) is 5.00. The lowest BCUT2D eigenvalue weighted by Crippen LogP contribution is -2.38. The molecule has 44 heavy (non-hydrogen) atoms. The molecule has 0 spiro atoms. The van der Waals surface area contributed by atoms with Crippen LogP contribution in [-0.2, 0) is 16.0 Å². The number of nitrogens with zero attached hydrogens (tertiary/aromatic N) is 2. The number of carbonyl (C=O) groups excluding carboxylic acids is 1. The summed E-state index contributed by atoms with van der Waals surface area (Å²) in [5.41, 5.74) is 11.8. The predicted octanol–water partition coefficient (Wildman–Crippen LogP) is 5.27. The monoisotopic (exact) mass is 628 g/mol. The van der Waals surface area contributed by atoms with E-state index in [9.17, 15) is 9.59 Å². The van der Waals surface area contributed by atoms with Crippen molar-refractivity contribution in [2.75, 3.05) is 51.7 Å². The molecular weight excluding hydrogens is 597 g/mol. The van der Waals surface area contributed by atoms with E-state index >= 15 is 0 Å². The zero-order chi connectivity index (χ0) is 30.6. The van der Waals surface area contributed by atoms with Gasteiger partial charge >= 0.3 is 5.97 Å². The molecule has 2 saturated heterocycles. The van der Waals surface area contributed by atoms with Crippen molar-refractivity contribution in [1.29, 1.82) is 0 Å². The standard InChI is InChI=1S/C33H32N4O5S2/c34-27-19-24(20-28-25(27)7-9-35-28)26-17-22(3-6-29(26)42-16-13-36-11-14-41-15-12-36)18-30-31(38)37(33(43)44-30)10-8-21-1-4-23(5-2-21)32(39)40/h1-7,9,17-20,35H,8,10-16,34H2,(H,39,40). The smallest absolute Gasteiger partial charge is 0.335 e. The third kappa shape index (κ3) is 6.66. The summed E-state index contributed by atoms with van der Waals surface area (Å²) in [4.78, 5) is 32.2. The molecule has 0 saturated carbocycles. The van der Waals surface area contributed by atoms with Crippen LogP contribution in [0.1, 0.15) is 21.5 Å². The van der Waals surface area contributed by atoms with Crippen LogP contribution in [0.25, 0.3) is 28.1 Å². The quantitative estimate of drug-likeness (QED) is 0.123. The molecule has 4 aromatic rings. The fourth-order valence-electron chi connectivity index (χ4n) is 5.35. The van der Waals surface area contributed by atoms with Crippen molar-refractivity contribution < 1.29 is 24.2 Å². The Balaban J connectivity index is 1.22. The summed E-state index contributed by atoms with van der Waals surface area (Å²) in [5.74, 6) is -0.378. The van der Waals surface area contributed by atoms with E-state index in [1.54, 1.807) is 29.2 Å². The number of hydrogen-bond acceptors (Lipinski definition) is 8. The van der Waals surface area contributed by atoms with Gasteiger partial charge in [0.05, 0.1) is 23.7 Å². The second-order valence-electron chi connectivity index (χ2n) is 10.6. The number of aromatic carboxylic acids is 1. The summed E-state index contributed by atoms with van der Waals surface area (Å²) in [6, 6.07) is 18.5. The number of thiocarbonyl (C=S) groups is 1. The number of amides is 1. The number of anilines is 1. The number of benzene rings is 3. The maximum atomic E-state index is 13.4. The van der Waals surface area contributed by atoms with E-state index in [1.165, 1.54) is 11.8 Å². The number of fused-ring (bicyclic) bond motifs is 1. The molecule has 1 amide bonds. The number of carboxylic acids is 1. The average Bonchev–Trinajstić information content (AvgIpc) is 3.61. The molecular formula is C33H32N4O5S2. The van der Waals surface area contributed by atoms with Gasteiger partial charge in [0.1, 0.15) is 16.7 Å².